The predicted molar refractivity (Wildman–Crippen MR) is 75.9 cm³/mol. The molecule has 3 rings (SSSR count). The van der Waals surface area contributed by atoms with Gasteiger partial charge in [-0.2, -0.15) is 9.60 Å². The van der Waals surface area contributed by atoms with Gasteiger partial charge >= 0.3 is 0 Å². The van der Waals surface area contributed by atoms with Gasteiger partial charge in [0.2, 0.25) is 11.8 Å². The maximum absolute atomic E-state index is 13.0. The molecule has 2 heterocycles. The zero-order chi connectivity index (χ0) is 15.7. The Balaban J connectivity index is 2.34. The average molecular weight is 319 g/mol. The Hall–Kier alpha value is -2.68. The van der Waals surface area contributed by atoms with Crippen LogP contribution in [-0.4, -0.2) is 40.3 Å². The van der Waals surface area contributed by atoms with E-state index >= 15 is 0 Å². The average Bonchev–Trinajstić information content (AvgIpc) is 3.00. The minimum absolute atomic E-state index is 0.0655. The summed E-state index contributed by atoms with van der Waals surface area (Å²) in [6.07, 6.45) is 2.42. The molecular weight excluding hydrogens is 309 g/mol. The van der Waals surface area contributed by atoms with E-state index in [1.807, 2.05) is 0 Å². The SMILES string of the molecule is CS(=O)(=O)c1cccc(-c2ccc(F)nc2)c1-c1nn[nH]n1. The third-order valence-corrected chi connectivity index (χ3v) is 4.17. The number of pyridine rings is 1. The summed E-state index contributed by atoms with van der Waals surface area (Å²) in [4.78, 5) is 3.65. The summed E-state index contributed by atoms with van der Waals surface area (Å²) in [5.41, 5.74) is 1.37. The molecule has 112 valence electrons. The van der Waals surface area contributed by atoms with E-state index in [1.54, 1.807) is 12.1 Å². The van der Waals surface area contributed by atoms with Gasteiger partial charge in [-0.3, -0.25) is 0 Å². The molecule has 3 aromatic rings. The van der Waals surface area contributed by atoms with Crippen LogP contribution >= 0.6 is 0 Å². The van der Waals surface area contributed by atoms with Gasteiger partial charge in [0.05, 0.1) is 4.90 Å². The molecule has 0 aliphatic rings. The highest BCUT2D eigenvalue weighted by Crippen LogP contribution is 2.34. The molecule has 0 aliphatic heterocycles. The second-order valence-electron chi connectivity index (χ2n) is 4.56. The summed E-state index contributed by atoms with van der Waals surface area (Å²) in [5, 5.41) is 13.5. The normalized spacial score (nSPS) is 11.5. The minimum Gasteiger partial charge on any atom is -0.228 e. The van der Waals surface area contributed by atoms with E-state index in [2.05, 4.69) is 25.6 Å². The summed E-state index contributed by atoms with van der Waals surface area (Å²) in [7, 11) is -3.51. The van der Waals surface area contributed by atoms with E-state index in [9.17, 15) is 12.8 Å². The first-order valence-electron chi connectivity index (χ1n) is 6.15. The highest BCUT2D eigenvalue weighted by Gasteiger charge is 2.21. The van der Waals surface area contributed by atoms with E-state index < -0.39 is 15.8 Å². The Labute approximate surface area is 125 Å². The van der Waals surface area contributed by atoms with Crippen LogP contribution in [0.25, 0.3) is 22.5 Å². The van der Waals surface area contributed by atoms with E-state index in [4.69, 9.17) is 0 Å². The van der Waals surface area contributed by atoms with Crippen LogP contribution in [-0.2, 0) is 9.84 Å². The fourth-order valence-corrected chi connectivity index (χ4v) is 3.01. The molecule has 0 fully saturated rings. The van der Waals surface area contributed by atoms with Gasteiger partial charge in [0.25, 0.3) is 0 Å². The molecule has 22 heavy (non-hydrogen) atoms. The van der Waals surface area contributed by atoms with Gasteiger partial charge < -0.3 is 0 Å². The van der Waals surface area contributed by atoms with Gasteiger partial charge in [0.15, 0.2) is 9.84 Å². The maximum atomic E-state index is 13.0. The molecule has 0 saturated carbocycles. The van der Waals surface area contributed by atoms with Crippen LogP contribution in [0.15, 0.2) is 41.4 Å². The fraction of sp³-hybridized carbons (Fsp3) is 0.0769. The molecule has 0 amide bonds. The number of benzene rings is 1. The predicted octanol–water partition coefficient (Wildman–Crippen LogP) is 1.47. The lowest BCUT2D eigenvalue weighted by Crippen LogP contribution is -2.02. The summed E-state index contributed by atoms with van der Waals surface area (Å²) < 4.78 is 37.0. The van der Waals surface area contributed by atoms with Crippen LogP contribution in [0.2, 0.25) is 0 Å². The minimum atomic E-state index is -3.51. The van der Waals surface area contributed by atoms with Crippen LogP contribution in [0, 0.1) is 5.95 Å². The number of nitrogens with one attached hydrogen (secondary N) is 1. The molecule has 0 saturated heterocycles. The number of H-pyrrole nitrogens is 1. The van der Waals surface area contributed by atoms with Crippen molar-refractivity contribution < 1.29 is 12.8 Å². The molecule has 0 aliphatic carbocycles. The second-order valence-corrected chi connectivity index (χ2v) is 6.54. The summed E-state index contributed by atoms with van der Waals surface area (Å²) in [6, 6.07) is 7.45. The molecule has 0 radical (unpaired) electrons. The summed E-state index contributed by atoms with van der Waals surface area (Å²) >= 11 is 0. The van der Waals surface area contributed by atoms with Crippen molar-refractivity contribution in [3.63, 3.8) is 0 Å². The number of nitrogens with zero attached hydrogens (tertiary/aromatic N) is 4. The highest BCUT2D eigenvalue weighted by molar-refractivity contribution is 7.90. The quantitative estimate of drug-likeness (QED) is 0.734. The Morgan fingerprint density at radius 3 is 2.59 bits per heavy atom. The van der Waals surface area contributed by atoms with Gasteiger partial charge in [-0.1, -0.05) is 12.1 Å². The first kappa shape index (κ1) is 14.3. The first-order chi connectivity index (χ1) is 10.5. The molecule has 0 unspecified atom stereocenters. The van der Waals surface area contributed by atoms with Crippen LogP contribution in [0.4, 0.5) is 4.39 Å². The zero-order valence-corrected chi connectivity index (χ0v) is 12.2. The van der Waals surface area contributed by atoms with E-state index in [0.29, 0.717) is 16.7 Å². The fourth-order valence-electron chi connectivity index (χ4n) is 2.11. The third-order valence-electron chi connectivity index (χ3n) is 3.03. The van der Waals surface area contributed by atoms with Gasteiger partial charge in [-0.25, -0.2) is 13.4 Å². The second kappa shape index (κ2) is 5.26. The number of sulfone groups is 1. The topological polar surface area (TPSA) is 101 Å². The number of aromatic amines is 1. The van der Waals surface area contributed by atoms with Crippen molar-refractivity contribution in [3.05, 3.63) is 42.5 Å². The van der Waals surface area contributed by atoms with Crippen molar-refractivity contribution in [1.29, 1.82) is 0 Å². The van der Waals surface area contributed by atoms with Gasteiger partial charge in [0.1, 0.15) is 0 Å². The molecule has 0 atom stereocenters. The Morgan fingerprint density at radius 2 is 2.00 bits per heavy atom. The number of halogens is 1. The van der Waals surface area contributed by atoms with Crippen molar-refractivity contribution in [1.82, 2.24) is 25.6 Å². The molecule has 1 aromatic carbocycles. The van der Waals surface area contributed by atoms with Crippen LogP contribution < -0.4 is 0 Å². The number of rotatable bonds is 3. The molecule has 1 N–H and O–H groups in total. The van der Waals surface area contributed by atoms with Crippen LogP contribution in [0.1, 0.15) is 0 Å². The lowest BCUT2D eigenvalue weighted by molar-refractivity contribution is 0.584. The third kappa shape index (κ3) is 2.58. The van der Waals surface area contributed by atoms with Gasteiger partial charge in [-0.05, 0) is 29.0 Å². The summed E-state index contributed by atoms with van der Waals surface area (Å²) in [6.45, 7) is 0. The molecule has 0 bridgehead atoms. The number of tetrazole rings is 1. The smallest absolute Gasteiger partial charge is 0.212 e. The highest BCUT2D eigenvalue weighted by atomic mass is 32.2. The van der Waals surface area contributed by atoms with Crippen molar-refractivity contribution >= 4 is 9.84 Å². The number of hydrogen-bond donors (Lipinski definition) is 1. The first-order valence-corrected chi connectivity index (χ1v) is 8.05. The van der Waals surface area contributed by atoms with Crippen molar-refractivity contribution in [2.45, 2.75) is 4.90 Å². The van der Waals surface area contributed by atoms with Gasteiger partial charge in [-0.15, -0.1) is 10.2 Å². The lowest BCUT2D eigenvalue weighted by atomic mass is 10.0. The molecule has 2 aromatic heterocycles. The van der Waals surface area contributed by atoms with Crippen LogP contribution in [0.3, 0.4) is 0 Å². The Morgan fingerprint density at radius 1 is 1.18 bits per heavy atom. The molecule has 9 heteroatoms. The van der Waals surface area contributed by atoms with E-state index in [1.165, 1.54) is 24.4 Å². The largest absolute Gasteiger partial charge is 0.228 e. The molecule has 7 nitrogen and oxygen atoms in total. The summed E-state index contributed by atoms with van der Waals surface area (Å²) in [5.74, 6) is -0.482. The standard InChI is InChI=1S/C13H10FN5O2S/c1-22(20,21)10-4-2-3-9(8-5-6-11(14)15-7-8)12(10)13-16-18-19-17-13/h2-7H,1H3,(H,16,17,18,19). The van der Waals surface area contributed by atoms with Crippen LogP contribution in [0.5, 0.6) is 0 Å². The van der Waals surface area contributed by atoms with Crippen molar-refractivity contribution in [2.24, 2.45) is 0 Å². The van der Waals surface area contributed by atoms with Gasteiger partial charge in [0, 0.05) is 23.6 Å². The Bertz CT molecular complexity index is 908. The van der Waals surface area contributed by atoms with Crippen molar-refractivity contribution in [3.8, 4) is 22.5 Å². The zero-order valence-electron chi connectivity index (χ0n) is 11.4. The monoisotopic (exact) mass is 319 g/mol. The lowest BCUT2D eigenvalue weighted by Gasteiger charge is -2.11. The Kier molecular flexibility index (Phi) is 3.41. The number of aromatic nitrogens is 5. The van der Waals surface area contributed by atoms with E-state index in [0.717, 1.165) is 6.26 Å². The number of hydrogen-bond acceptors (Lipinski definition) is 6. The maximum Gasteiger partial charge on any atom is 0.212 e. The molecule has 0 spiro atoms. The van der Waals surface area contributed by atoms with Crippen molar-refractivity contribution in [2.75, 3.05) is 6.26 Å². The van der Waals surface area contributed by atoms with E-state index in [-0.39, 0.29) is 10.7 Å². The molecular formula is C13H10FN5O2S.